The van der Waals surface area contributed by atoms with E-state index in [-0.39, 0.29) is 0 Å². The van der Waals surface area contributed by atoms with E-state index < -0.39 is 5.82 Å². The molecule has 0 aliphatic carbocycles. The number of halogens is 1. The van der Waals surface area contributed by atoms with E-state index in [0.717, 1.165) is 11.2 Å². The molecule has 0 radical (unpaired) electrons. The van der Waals surface area contributed by atoms with Gasteiger partial charge in [0.1, 0.15) is 23.4 Å². The number of anilines is 1. The zero-order valence-electron chi connectivity index (χ0n) is 16.8. The minimum Gasteiger partial charge on any atom is -0.397 e. The fourth-order valence-electron chi connectivity index (χ4n) is 3.83. The van der Waals surface area contributed by atoms with Crippen molar-refractivity contribution >= 4 is 27.6 Å². The second-order valence-electron chi connectivity index (χ2n) is 7.47. The Hall–Kier alpha value is -4.60. The molecule has 0 spiro atoms. The summed E-state index contributed by atoms with van der Waals surface area (Å²) in [5.41, 5.74) is 10.4. The second-order valence-corrected chi connectivity index (χ2v) is 7.47. The average Bonchev–Trinajstić information content (AvgIpc) is 3.51. The SMILES string of the molecule is Cc1cn(-c2nccc3[nH]c(-c4n[nH]c5ccc(-c6cncc(N)c6)c(F)c45)nc23)cn1. The number of fused-ring (bicyclic) bond motifs is 2. The number of pyridine rings is 2. The molecule has 0 saturated carbocycles. The van der Waals surface area contributed by atoms with E-state index >= 15 is 4.39 Å². The van der Waals surface area contributed by atoms with Crippen molar-refractivity contribution in [3.63, 3.8) is 0 Å². The lowest BCUT2D eigenvalue weighted by molar-refractivity contribution is 0.643. The Labute approximate surface area is 180 Å². The molecule has 0 atom stereocenters. The first kappa shape index (κ1) is 18.2. The van der Waals surface area contributed by atoms with Crippen LogP contribution < -0.4 is 5.73 Å². The molecule has 0 unspecified atom stereocenters. The molecule has 0 fully saturated rings. The summed E-state index contributed by atoms with van der Waals surface area (Å²) >= 11 is 0. The zero-order chi connectivity index (χ0) is 21.8. The number of aromatic nitrogens is 8. The van der Waals surface area contributed by atoms with Crippen molar-refractivity contribution < 1.29 is 4.39 Å². The zero-order valence-corrected chi connectivity index (χ0v) is 16.8. The predicted octanol–water partition coefficient (Wildman–Crippen LogP) is 3.78. The topological polar surface area (TPSA) is 127 Å². The van der Waals surface area contributed by atoms with Gasteiger partial charge in [-0.15, -0.1) is 0 Å². The van der Waals surface area contributed by atoms with Crippen molar-refractivity contribution in [2.24, 2.45) is 0 Å². The first-order valence-electron chi connectivity index (χ1n) is 9.82. The minimum absolute atomic E-state index is 0.331. The lowest BCUT2D eigenvalue weighted by Crippen LogP contribution is -1.95. The fourth-order valence-corrected chi connectivity index (χ4v) is 3.83. The quantitative estimate of drug-likeness (QED) is 0.396. The third kappa shape index (κ3) is 2.73. The van der Waals surface area contributed by atoms with Crippen LogP contribution in [0.2, 0.25) is 0 Å². The highest BCUT2D eigenvalue weighted by molar-refractivity contribution is 5.97. The van der Waals surface area contributed by atoms with Crippen LogP contribution in [0.1, 0.15) is 5.69 Å². The third-order valence-corrected chi connectivity index (χ3v) is 5.30. The van der Waals surface area contributed by atoms with Gasteiger partial charge in [-0.2, -0.15) is 5.10 Å². The van der Waals surface area contributed by atoms with Crippen molar-refractivity contribution in [2.45, 2.75) is 6.92 Å². The van der Waals surface area contributed by atoms with Gasteiger partial charge >= 0.3 is 0 Å². The summed E-state index contributed by atoms with van der Waals surface area (Å²) in [6.07, 6.45) is 8.33. The lowest BCUT2D eigenvalue weighted by Gasteiger charge is -2.05. The molecule has 5 aromatic heterocycles. The number of hydrogen-bond acceptors (Lipinski definition) is 6. The van der Waals surface area contributed by atoms with E-state index in [9.17, 15) is 0 Å². The highest BCUT2D eigenvalue weighted by Crippen LogP contribution is 2.34. The summed E-state index contributed by atoms with van der Waals surface area (Å²) in [5.74, 6) is 0.624. The largest absolute Gasteiger partial charge is 0.397 e. The van der Waals surface area contributed by atoms with Crippen LogP contribution in [0.4, 0.5) is 10.1 Å². The highest BCUT2D eigenvalue weighted by Gasteiger charge is 2.20. The number of aromatic amines is 2. The van der Waals surface area contributed by atoms with Gasteiger partial charge in [0, 0.05) is 35.9 Å². The molecule has 6 aromatic rings. The predicted molar refractivity (Wildman–Crippen MR) is 118 cm³/mol. The molecular weight excluding hydrogens is 409 g/mol. The van der Waals surface area contributed by atoms with Crippen LogP contribution in [0.25, 0.3) is 50.4 Å². The van der Waals surface area contributed by atoms with Gasteiger partial charge in [-0.3, -0.25) is 14.6 Å². The summed E-state index contributed by atoms with van der Waals surface area (Å²) in [6, 6.07) is 6.95. The molecule has 4 N–H and O–H groups in total. The number of nitrogens with zero attached hydrogens (tertiary/aromatic N) is 6. The van der Waals surface area contributed by atoms with E-state index in [2.05, 4.69) is 30.1 Å². The number of nitrogens with two attached hydrogens (primary N) is 1. The van der Waals surface area contributed by atoms with Crippen LogP contribution in [0, 0.1) is 12.7 Å². The molecule has 10 heteroatoms. The van der Waals surface area contributed by atoms with Crippen molar-refractivity contribution in [1.29, 1.82) is 0 Å². The van der Waals surface area contributed by atoms with Gasteiger partial charge in [-0.05, 0) is 31.2 Å². The Bertz CT molecular complexity index is 1630. The number of nitrogen functional groups attached to an aromatic ring is 1. The number of H-pyrrole nitrogens is 2. The van der Waals surface area contributed by atoms with Gasteiger partial charge in [-0.25, -0.2) is 19.3 Å². The molecule has 1 aromatic carbocycles. The molecule has 6 rings (SSSR count). The normalized spacial score (nSPS) is 11.6. The van der Waals surface area contributed by atoms with Crippen molar-refractivity contribution in [3.05, 3.63) is 66.9 Å². The van der Waals surface area contributed by atoms with Crippen LogP contribution in [-0.2, 0) is 0 Å². The standard InChI is InChI=1S/C22H16FN9/c1-11-9-32(10-27-11)22-19-16(4-5-26-22)28-21(29-19)20-17-15(30-31-20)3-2-14(18(17)23)12-6-13(24)8-25-7-12/h2-10H,24H2,1H3,(H,28,29)(H,30,31). The van der Waals surface area contributed by atoms with E-state index in [1.165, 1.54) is 6.20 Å². The molecular formula is C22H16FN9. The molecule has 0 aliphatic rings. The van der Waals surface area contributed by atoms with Gasteiger partial charge in [0.2, 0.25) is 0 Å². The second kappa shape index (κ2) is 6.71. The maximum Gasteiger partial charge on any atom is 0.166 e. The number of hydrogen-bond donors (Lipinski definition) is 3. The van der Waals surface area contributed by atoms with Gasteiger partial charge < -0.3 is 10.7 Å². The Balaban J connectivity index is 1.55. The summed E-state index contributed by atoms with van der Waals surface area (Å²) in [6.45, 7) is 1.90. The fraction of sp³-hybridized carbons (Fsp3) is 0.0455. The van der Waals surface area contributed by atoms with Crippen molar-refractivity contribution in [3.8, 4) is 28.5 Å². The first-order valence-corrected chi connectivity index (χ1v) is 9.82. The van der Waals surface area contributed by atoms with Gasteiger partial charge in [-0.1, -0.05) is 0 Å². The van der Waals surface area contributed by atoms with Gasteiger partial charge in [0.05, 0.1) is 27.8 Å². The number of benzene rings is 1. The van der Waals surface area contributed by atoms with E-state index in [0.29, 0.717) is 50.6 Å². The van der Waals surface area contributed by atoms with Crippen molar-refractivity contribution in [1.82, 2.24) is 39.7 Å². The van der Waals surface area contributed by atoms with Crippen LogP contribution in [0.15, 0.2) is 55.4 Å². The summed E-state index contributed by atoms with van der Waals surface area (Å²) < 4.78 is 17.5. The van der Waals surface area contributed by atoms with Crippen LogP contribution >= 0.6 is 0 Å². The molecule has 156 valence electrons. The summed E-state index contributed by atoms with van der Waals surface area (Å²) in [5, 5.41) is 7.56. The summed E-state index contributed by atoms with van der Waals surface area (Å²) in [4.78, 5) is 20.7. The van der Waals surface area contributed by atoms with E-state index in [1.54, 1.807) is 41.5 Å². The monoisotopic (exact) mass is 425 g/mol. The van der Waals surface area contributed by atoms with Crippen LogP contribution in [0.5, 0.6) is 0 Å². The smallest absolute Gasteiger partial charge is 0.166 e. The molecule has 0 saturated heterocycles. The number of rotatable bonds is 3. The Morgan fingerprint density at radius 3 is 2.81 bits per heavy atom. The maximum absolute atomic E-state index is 15.7. The Morgan fingerprint density at radius 2 is 2.00 bits per heavy atom. The van der Waals surface area contributed by atoms with Crippen LogP contribution in [-0.4, -0.2) is 39.7 Å². The van der Waals surface area contributed by atoms with Gasteiger partial charge in [0.25, 0.3) is 0 Å². The van der Waals surface area contributed by atoms with Crippen LogP contribution in [0.3, 0.4) is 0 Å². The third-order valence-electron chi connectivity index (χ3n) is 5.30. The maximum atomic E-state index is 15.7. The average molecular weight is 425 g/mol. The Kier molecular flexibility index (Phi) is 3.81. The lowest BCUT2D eigenvalue weighted by atomic mass is 10.0. The van der Waals surface area contributed by atoms with Gasteiger partial charge in [0.15, 0.2) is 11.6 Å². The highest BCUT2D eigenvalue weighted by atomic mass is 19.1. The minimum atomic E-state index is -0.428. The molecule has 0 amide bonds. The van der Waals surface area contributed by atoms with E-state index in [1.807, 2.05) is 19.2 Å². The van der Waals surface area contributed by atoms with E-state index in [4.69, 9.17) is 10.7 Å². The number of imidazole rings is 2. The number of aryl methyl sites for hydroxylation is 1. The summed E-state index contributed by atoms with van der Waals surface area (Å²) in [7, 11) is 0. The molecule has 5 heterocycles. The first-order chi connectivity index (χ1) is 15.6. The molecule has 32 heavy (non-hydrogen) atoms. The number of nitrogens with one attached hydrogen (secondary N) is 2. The molecule has 0 aliphatic heterocycles. The molecule has 9 nitrogen and oxygen atoms in total. The molecule has 0 bridgehead atoms. The van der Waals surface area contributed by atoms with Crippen molar-refractivity contribution in [2.75, 3.05) is 5.73 Å². The Morgan fingerprint density at radius 1 is 1.09 bits per heavy atom.